The Balaban J connectivity index is 1.58. The van der Waals surface area contributed by atoms with Crippen LogP contribution in [0.1, 0.15) is 22.3 Å². The maximum atomic E-state index is 13.3. The summed E-state index contributed by atoms with van der Waals surface area (Å²) < 4.78 is 11.6. The first kappa shape index (κ1) is 28.8. The summed E-state index contributed by atoms with van der Waals surface area (Å²) in [5.74, 6) is -1.50. The lowest BCUT2D eigenvalue weighted by Gasteiger charge is -2.27. The summed E-state index contributed by atoms with van der Waals surface area (Å²) in [5, 5.41) is 5.35. The fourth-order valence-electron chi connectivity index (χ4n) is 4.04. The van der Waals surface area contributed by atoms with Crippen LogP contribution in [-0.4, -0.2) is 37.5 Å². The number of urea groups is 1. The Labute approximate surface area is 244 Å². The Morgan fingerprint density at radius 2 is 1.82 bits per heavy atom. The molecular formula is C29H25BrClN3O6. The normalized spacial score (nSPS) is 14.3. The molecule has 5 amide bonds. The maximum Gasteiger partial charge on any atom is 0.335 e. The molecule has 0 saturated carbocycles. The van der Waals surface area contributed by atoms with E-state index in [1.54, 1.807) is 31.2 Å². The second-order valence-corrected chi connectivity index (χ2v) is 10.3. The number of rotatable bonds is 7. The van der Waals surface area contributed by atoms with Crippen LogP contribution in [0.25, 0.3) is 6.08 Å². The van der Waals surface area contributed by atoms with Crippen molar-refractivity contribution in [3.63, 3.8) is 0 Å². The third-order valence-electron chi connectivity index (χ3n) is 6.30. The highest BCUT2D eigenvalue weighted by molar-refractivity contribution is 9.10. The first-order chi connectivity index (χ1) is 19.0. The molecule has 206 valence electrons. The van der Waals surface area contributed by atoms with Crippen LogP contribution in [0.3, 0.4) is 0 Å². The number of hydrogen-bond donors (Lipinski definition) is 2. The van der Waals surface area contributed by atoms with E-state index in [0.717, 1.165) is 16.0 Å². The molecule has 0 unspecified atom stereocenters. The summed E-state index contributed by atoms with van der Waals surface area (Å²) in [6.07, 6.45) is 1.33. The standard InChI is InChI=1S/C29H25BrClN3O6/c1-15-6-5-7-22(17(15)3)32-25(35)14-40-26-21(30)11-18(12-24(26)39-4)10-20-27(36)33-29(38)34(28(20)37)23-13-19(31)9-8-16(23)2/h5-13H,14H2,1-4H3,(H,32,35)(H,33,36,38)/b20-10+. The first-order valence-electron chi connectivity index (χ1n) is 12.0. The molecule has 0 aliphatic carbocycles. The van der Waals surface area contributed by atoms with Gasteiger partial charge >= 0.3 is 6.03 Å². The molecule has 11 heteroatoms. The maximum absolute atomic E-state index is 13.3. The van der Waals surface area contributed by atoms with Gasteiger partial charge in [-0.05, 0) is 95.4 Å². The number of halogens is 2. The number of amides is 5. The Morgan fingerprint density at radius 1 is 1.07 bits per heavy atom. The lowest BCUT2D eigenvalue weighted by atomic mass is 10.1. The van der Waals surface area contributed by atoms with Crippen LogP contribution >= 0.6 is 27.5 Å². The molecule has 2 N–H and O–H groups in total. The molecule has 9 nitrogen and oxygen atoms in total. The Kier molecular flexibility index (Phi) is 8.61. The fourth-order valence-corrected chi connectivity index (χ4v) is 4.78. The van der Waals surface area contributed by atoms with Crippen molar-refractivity contribution in [3.8, 4) is 11.5 Å². The predicted octanol–water partition coefficient (Wildman–Crippen LogP) is 5.72. The summed E-state index contributed by atoms with van der Waals surface area (Å²) >= 11 is 9.50. The summed E-state index contributed by atoms with van der Waals surface area (Å²) in [5.41, 5.74) is 3.72. The van der Waals surface area contributed by atoms with Crippen molar-refractivity contribution in [2.75, 3.05) is 23.9 Å². The number of nitrogens with zero attached hydrogens (tertiary/aromatic N) is 1. The van der Waals surface area contributed by atoms with Crippen LogP contribution in [0, 0.1) is 20.8 Å². The minimum atomic E-state index is -0.876. The number of methoxy groups -OCH3 is 1. The van der Waals surface area contributed by atoms with Crippen molar-refractivity contribution in [2.45, 2.75) is 20.8 Å². The van der Waals surface area contributed by atoms with Gasteiger partial charge in [0.25, 0.3) is 17.7 Å². The van der Waals surface area contributed by atoms with Gasteiger partial charge in [0.15, 0.2) is 18.1 Å². The van der Waals surface area contributed by atoms with Crippen LogP contribution in [0.4, 0.5) is 16.2 Å². The third-order valence-corrected chi connectivity index (χ3v) is 7.13. The van der Waals surface area contributed by atoms with Crippen molar-refractivity contribution in [3.05, 3.63) is 85.9 Å². The molecular weight excluding hydrogens is 602 g/mol. The average Bonchev–Trinajstić information content (AvgIpc) is 2.90. The van der Waals surface area contributed by atoms with E-state index < -0.39 is 17.8 Å². The second kappa shape index (κ2) is 11.9. The number of carbonyl (C=O) groups is 4. The van der Waals surface area contributed by atoms with Crippen molar-refractivity contribution < 1.29 is 28.7 Å². The van der Waals surface area contributed by atoms with Crippen LogP contribution in [0.15, 0.2) is 58.6 Å². The highest BCUT2D eigenvalue weighted by Gasteiger charge is 2.37. The van der Waals surface area contributed by atoms with E-state index in [1.165, 1.54) is 19.3 Å². The second-order valence-electron chi connectivity index (χ2n) is 9.01. The van der Waals surface area contributed by atoms with Gasteiger partial charge in [0.1, 0.15) is 5.57 Å². The zero-order chi connectivity index (χ0) is 29.1. The lowest BCUT2D eigenvalue weighted by molar-refractivity contribution is -0.122. The van der Waals surface area contributed by atoms with Gasteiger partial charge < -0.3 is 14.8 Å². The molecule has 1 aliphatic heterocycles. The number of carbonyl (C=O) groups excluding carboxylic acids is 4. The van der Waals surface area contributed by atoms with Gasteiger partial charge in [0, 0.05) is 10.7 Å². The number of benzene rings is 3. The van der Waals surface area contributed by atoms with Gasteiger partial charge in [0.2, 0.25) is 0 Å². The molecule has 1 aliphatic rings. The number of aryl methyl sites for hydroxylation is 2. The minimum Gasteiger partial charge on any atom is -0.493 e. The lowest BCUT2D eigenvalue weighted by Crippen LogP contribution is -2.54. The third kappa shape index (κ3) is 6.03. The number of anilines is 2. The largest absolute Gasteiger partial charge is 0.493 e. The van der Waals surface area contributed by atoms with Gasteiger partial charge in [-0.25, -0.2) is 9.69 Å². The number of ether oxygens (including phenoxy) is 2. The minimum absolute atomic E-state index is 0.253. The molecule has 0 radical (unpaired) electrons. The quantitative estimate of drug-likeness (QED) is 0.256. The molecule has 0 atom stereocenters. The highest BCUT2D eigenvalue weighted by Crippen LogP contribution is 2.38. The summed E-state index contributed by atoms with van der Waals surface area (Å²) in [6.45, 7) is 5.30. The zero-order valence-corrected chi connectivity index (χ0v) is 24.4. The van der Waals surface area contributed by atoms with Crippen LogP contribution in [0.2, 0.25) is 5.02 Å². The van der Waals surface area contributed by atoms with Gasteiger partial charge in [0.05, 0.1) is 17.3 Å². The van der Waals surface area contributed by atoms with E-state index in [0.29, 0.717) is 26.3 Å². The van der Waals surface area contributed by atoms with Crippen LogP contribution in [0.5, 0.6) is 11.5 Å². The van der Waals surface area contributed by atoms with Gasteiger partial charge in [-0.1, -0.05) is 29.8 Å². The van der Waals surface area contributed by atoms with Crippen LogP contribution in [-0.2, 0) is 14.4 Å². The van der Waals surface area contributed by atoms with Gasteiger partial charge in [-0.2, -0.15) is 0 Å². The van der Waals surface area contributed by atoms with Gasteiger partial charge in [-0.3, -0.25) is 19.7 Å². The van der Waals surface area contributed by atoms with E-state index in [9.17, 15) is 19.2 Å². The molecule has 40 heavy (non-hydrogen) atoms. The average molecular weight is 627 g/mol. The smallest absolute Gasteiger partial charge is 0.335 e. The molecule has 4 rings (SSSR count). The van der Waals surface area contributed by atoms with Crippen molar-refractivity contribution in [2.24, 2.45) is 0 Å². The SMILES string of the molecule is COc1cc(/C=C2\C(=O)NC(=O)N(c3cc(Cl)ccc3C)C2=O)cc(Br)c1OCC(=O)Nc1cccc(C)c1C. The topological polar surface area (TPSA) is 114 Å². The number of imide groups is 2. The van der Waals surface area contributed by atoms with E-state index in [-0.39, 0.29) is 35.3 Å². The molecule has 3 aromatic rings. The van der Waals surface area contributed by atoms with E-state index in [2.05, 4.69) is 26.6 Å². The fraction of sp³-hybridized carbons (Fsp3) is 0.172. The predicted molar refractivity (Wildman–Crippen MR) is 156 cm³/mol. The summed E-state index contributed by atoms with van der Waals surface area (Å²) in [7, 11) is 1.42. The van der Waals surface area contributed by atoms with E-state index in [4.69, 9.17) is 21.1 Å². The number of barbiturate groups is 1. The molecule has 0 spiro atoms. The van der Waals surface area contributed by atoms with Crippen molar-refractivity contribution >= 4 is 68.7 Å². The molecule has 0 bridgehead atoms. The van der Waals surface area contributed by atoms with Crippen LogP contribution < -0.4 is 25.0 Å². The van der Waals surface area contributed by atoms with Crippen molar-refractivity contribution in [1.82, 2.24) is 5.32 Å². The Morgan fingerprint density at radius 3 is 2.55 bits per heavy atom. The number of nitrogens with one attached hydrogen (secondary N) is 2. The zero-order valence-electron chi connectivity index (χ0n) is 22.1. The summed E-state index contributed by atoms with van der Waals surface area (Å²) in [6, 6.07) is 12.7. The monoisotopic (exact) mass is 625 g/mol. The molecule has 0 aromatic heterocycles. The summed E-state index contributed by atoms with van der Waals surface area (Å²) in [4.78, 5) is 52.0. The van der Waals surface area contributed by atoms with E-state index in [1.807, 2.05) is 32.0 Å². The van der Waals surface area contributed by atoms with E-state index >= 15 is 0 Å². The molecule has 1 heterocycles. The van der Waals surface area contributed by atoms with Crippen molar-refractivity contribution in [1.29, 1.82) is 0 Å². The molecule has 3 aromatic carbocycles. The van der Waals surface area contributed by atoms with Gasteiger partial charge in [-0.15, -0.1) is 0 Å². The molecule has 1 saturated heterocycles. The first-order valence-corrected chi connectivity index (χ1v) is 13.2. The number of hydrogen-bond acceptors (Lipinski definition) is 6. The molecule has 1 fully saturated rings. The Hall–Kier alpha value is -4.15. The highest BCUT2D eigenvalue weighted by atomic mass is 79.9. The Bertz CT molecular complexity index is 1590.